The Bertz CT molecular complexity index is 861. The van der Waals surface area contributed by atoms with E-state index in [1.807, 2.05) is 24.3 Å². The summed E-state index contributed by atoms with van der Waals surface area (Å²) in [5.41, 5.74) is 1.62. The van der Waals surface area contributed by atoms with E-state index in [2.05, 4.69) is 5.32 Å². The summed E-state index contributed by atoms with van der Waals surface area (Å²) in [6.07, 6.45) is 5.58. The zero-order valence-corrected chi connectivity index (χ0v) is 18.3. The van der Waals surface area contributed by atoms with Gasteiger partial charge in [0.05, 0.1) is 13.5 Å². The van der Waals surface area contributed by atoms with Crippen LogP contribution in [0.4, 0.5) is 4.39 Å². The Morgan fingerprint density at radius 1 is 1.03 bits per heavy atom. The fourth-order valence-corrected chi connectivity index (χ4v) is 3.96. The Kier molecular flexibility index (Phi) is 8.04. The van der Waals surface area contributed by atoms with Gasteiger partial charge in [0.15, 0.2) is 0 Å². The third kappa shape index (κ3) is 6.54. The number of benzene rings is 2. The molecular weight excluding hydrogens is 395 g/mol. The van der Waals surface area contributed by atoms with E-state index in [9.17, 15) is 14.0 Å². The summed E-state index contributed by atoms with van der Waals surface area (Å²) in [4.78, 5) is 27.8. The van der Waals surface area contributed by atoms with Crippen molar-refractivity contribution >= 4 is 11.8 Å². The zero-order valence-electron chi connectivity index (χ0n) is 18.3. The molecule has 1 atom stereocenters. The molecule has 1 saturated carbocycles. The maximum absolute atomic E-state index is 13.3. The molecule has 0 aromatic heterocycles. The van der Waals surface area contributed by atoms with Gasteiger partial charge in [-0.25, -0.2) is 4.39 Å². The van der Waals surface area contributed by atoms with E-state index in [0.717, 1.165) is 42.6 Å². The lowest BCUT2D eigenvalue weighted by Crippen LogP contribution is -2.50. The van der Waals surface area contributed by atoms with E-state index in [1.165, 1.54) is 18.6 Å². The van der Waals surface area contributed by atoms with Crippen LogP contribution < -0.4 is 10.1 Å². The molecule has 0 saturated heterocycles. The van der Waals surface area contributed by atoms with Crippen molar-refractivity contribution < 1.29 is 18.7 Å². The van der Waals surface area contributed by atoms with E-state index in [0.29, 0.717) is 0 Å². The van der Waals surface area contributed by atoms with Crippen molar-refractivity contribution in [1.29, 1.82) is 0 Å². The second kappa shape index (κ2) is 10.9. The van der Waals surface area contributed by atoms with Crippen LogP contribution in [-0.4, -0.2) is 35.9 Å². The number of halogens is 1. The first-order chi connectivity index (χ1) is 15.0. The number of carbonyl (C=O) groups excluding carboxylic acids is 2. The monoisotopic (exact) mass is 426 g/mol. The predicted molar refractivity (Wildman–Crippen MR) is 118 cm³/mol. The average molecular weight is 427 g/mol. The minimum Gasteiger partial charge on any atom is -0.497 e. The van der Waals surface area contributed by atoms with Gasteiger partial charge in [0.2, 0.25) is 11.8 Å². The van der Waals surface area contributed by atoms with Crippen molar-refractivity contribution in [2.45, 2.75) is 64.1 Å². The highest BCUT2D eigenvalue weighted by Crippen LogP contribution is 2.19. The van der Waals surface area contributed by atoms with Gasteiger partial charge in [-0.05, 0) is 55.2 Å². The fraction of sp³-hybridized carbons (Fsp3) is 0.440. The molecule has 0 bridgehead atoms. The van der Waals surface area contributed by atoms with Gasteiger partial charge in [0.1, 0.15) is 17.6 Å². The lowest BCUT2D eigenvalue weighted by molar-refractivity contribution is -0.140. The maximum Gasteiger partial charge on any atom is 0.242 e. The second-order valence-corrected chi connectivity index (χ2v) is 8.19. The predicted octanol–water partition coefficient (Wildman–Crippen LogP) is 4.24. The molecule has 0 aliphatic heterocycles. The Hall–Kier alpha value is -2.89. The Morgan fingerprint density at radius 3 is 2.26 bits per heavy atom. The number of nitrogens with one attached hydrogen (secondary N) is 1. The van der Waals surface area contributed by atoms with Crippen LogP contribution in [0.1, 0.15) is 50.2 Å². The molecule has 1 aliphatic rings. The number of hydrogen-bond acceptors (Lipinski definition) is 3. The molecule has 0 spiro atoms. The average Bonchev–Trinajstić information content (AvgIpc) is 2.79. The highest BCUT2D eigenvalue weighted by molar-refractivity contribution is 5.88. The lowest BCUT2D eigenvalue weighted by Gasteiger charge is -2.31. The van der Waals surface area contributed by atoms with E-state index >= 15 is 0 Å². The molecule has 2 aromatic rings. The summed E-state index contributed by atoms with van der Waals surface area (Å²) in [5.74, 6) is 0.0976. The molecule has 2 aromatic carbocycles. The molecule has 0 heterocycles. The molecule has 6 heteroatoms. The van der Waals surface area contributed by atoms with Crippen molar-refractivity contribution in [2.75, 3.05) is 7.11 Å². The normalized spacial score (nSPS) is 15.2. The summed E-state index contributed by atoms with van der Waals surface area (Å²) >= 11 is 0. The van der Waals surface area contributed by atoms with Crippen molar-refractivity contribution in [3.63, 3.8) is 0 Å². The molecule has 0 unspecified atom stereocenters. The molecule has 2 amide bonds. The van der Waals surface area contributed by atoms with E-state index in [4.69, 9.17) is 4.74 Å². The van der Waals surface area contributed by atoms with Crippen LogP contribution in [0.15, 0.2) is 48.5 Å². The maximum atomic E-state index is 13.3. The summed E-state index contributed by atoms with van der Waals surface area (Å²) in [6, 6.07) is 12.9. The van der Waals surface area contributed by atoms with Crippen molar-refractivity contribution in [1.82, 2.24) is 10.2 Å². The third-order valence-electron chi connectivity index (χ3n) is 5.90. The van der Waals surface area contributed by atoms with E-state index < -0.39 is 6.04 Å². The number of hydrogen-bond donors (Lipinski definition) is 1. The molecule has 5 nitrogen and oxygen atoms in total. The van der Waals surface area contributed by atoms with Gasteiger partial charge in [-0.1, -0.05) is 43.5 Å². The van der Waals surface area contributed by atoms with Crippen molar-refractivity contribution in [3.8, 4) is 5.75 Å². The molecule has 0 radical (unpaired) electrons. The van der Waals surface area contributed by atoms with Gasteiger partial charge in [-0.3, -0.25) is 9.59 Å². The highest BCUT2D eigenvalue weighted by Gasteiger charge is 2.28. The molecule has 1 N–H and O–H groups in total. The smallest absolute Gasteiger partial charge is 0.242 e. The van der Waals surface area contributed by atoms with E-state index in [1.54, 1.807) is 31.1 Å². The van der Waals surface area contributed by atoms with E-state index in [-0.39, 0.29) is 36.6 Å². The van der Waals surface area contributed by atoms with Crippen molar-refractivity contribution in [2.24, 2.45) is 0 Å². The van der Waals surface area contributed by atoms with Crippen LogP contribution in [0, 0.1) is 5.82 Å². The first-order valence-corrected chi connectivity index (χ1v) is 10.9. The topological polar surface area (TPSA) is 58.6 Å². The Labute approximate surface area is 183 Å². The molecular formula is C25H31FN2O3. The number of amides is 2. The quantitative estimate of drug-likeness (QED) is 0.687. The largest absolute Gasteiger partial charge is 0.497 e. The number of carbonyl (C=O) groups is 2. The first kappa shape index (κ1) is 22.8. The number of ether oxygens (including phenoxy) is 1. The molecule has 1 aliphatic carbocycles. The second-order valence-electron chi connectivity index (χ2n) is 8.19. The summed E-state index contributed by atoms with van der Waals surface area (Å²) < 4.78 is 18.5. The van der Waals surface area contributed by atoms with Gasteiger partial charge in [-0.2, -0.15) is 0 Å². The summed E-state index contributed by atoms with van der Waals surface area (Å²) in [6.45, 7) is 2.00. The molecule has 3 rings (SSSR count). The van der Waals surface area contributed by atoms with Crippen LogP contribution in [0.3, 0.4) is 0 Å². The van der Waals surface area contributed by atoms with Gasteiger partial charge in [-0.15, -0.1) is 0 Å². The number of nitrogens with zero attached hydrogens (tertiary/aromatic N) is 1. The lowest BCUT2D eigenvalue weighted by atomic mass is 9.95. The fourth-order valence-electron chi connectivity index (χ4n) is 3.96. The van der Waals surface area contributed by atoms with Gasteiger partial charge in [0, 0.05) is 12.6 Å². The SMILES string of the molecule is COc1ccc(CC(=O)N(Cc2ccc(F)cc2)[C@H](C)C(=O)NC2CCCCC2)cc1. The van der Waals surface area contributed by atoms with Gasteiger partial charge >= 0.3 is 0 Å². The zero-order chi connectivity index (χ0) is 22.2. The van der Waals surface area contributed by atoms with Gasteiger partial charge < -0.3 is 15.0 Å². The van der Waals surface area contributed by atoms with Crippen LogP contribution in [0.25, 0.3) is 0 Å². The third-order valence-corrected chi connectivity index (χ3v) is 5.90. The molecule has 166 valence electrons. The minimum atomic E-state index is -0.627. The molecule has 31 heavy (non-hydrogen) atoms. The number of rotatable bonds is 8. The summed E-state index contributed by atoms with van der Waals surface area (Å²) in [5, 5.41) is 3.12. The minimum absolute atomic E-state index is 0.142. The first-order valence-electron chi connectivity index (χ1n) is 10.9. The summed E-state index contributed by atoms with van der Waals surface area (Å²) in [7, 11) is 1.59. The Morgan fingerprint density at radius 2 is 1.65 bits per heavy atom. The highest BCUT2D eigenvalue weighted by atomic mass is 19.1. The molecule has 1 fully saturated rings. The number of methoxy groups -OCH3 is 1. The standard InChI is InChI=1S/C25H31FN2O3/c1-18(25(30)27-22-6-4-3-5-7-22)28(17-20-8-12-21(26)13-9-20)24(29)16-19-10-14-23(31-2)15-11-19/h8-15,18,22H,3-7,16-17H2,1-2H3,(H,27,30)/t18-/m1/s1. The van der Waals surface area contributed by atoms with Crippen LogP contribution in [0.2, 0.25) is 0 Å². The van der Waals surface area contributed by atoms with Crippen molar-refractivity contribution in [3.05, 3.63) is 65.5 Å². The van der Waals surface area contributed by atoms with Crippen LogP contribution in [-0.2, 0) is 22.6 Å². The van der Waals surface area contributed by atoms with Crippen LogP contribution in [0.5, 0.6) is 5.75 Å². The van der Waals surface area contributed by atoms with Gasteiger partial charge in [0.25, 0.3) is 0 Å². The van der Waals surface area contributed by atoms with Crippen LogP contribution >= 0.6 is 0 Å². The Balaban J connectivity index is 1.74.